The van der Waals surface area contributed by atoms with Crippen LogP contribution < -0.4 is 4.90 Å². The second-order valence-corrected chi connectivity index (χ2v) is 18.2. The predicted molar refractivity (Wildman–Crippen MR) is 268 cm³/mol. The van der Waals surface area contributed by atoms with Gasteiger partial charge in [-0.25, -0.2) is 0 Å². The summed E-state index contributed by atoms with van der Waals surface area (Å²) in [6.07, 6.45) is 0. The lowest BCUT2D eigenvalue weighted by Crippen LogP contribution is -2.26. The van der Waals surface area contributed by atoms with Crippen LogP contribution in [0.15, 0.2) is 229 Å². The number of furan rings is 1. The molecule has 2 heterocycles. The zero-order valence-electron chi connectivity index (χ0n) is 34.6. The number of rotatable bonds is 5. The molecule has 1 spiro atoms. The van der Waals surface area contributed by atoms with E-state index < -0.39 is 5.41 Å². The monoisotopic (exact) mass is 831 g/mol. The van der Waals surface area contributed by atoms with Crippen molar-refractivity contribution in [2.45, 2.75) is 5.41 Å². The van der Waals surface area contributed by atoms with Crippen molar-refractivity contribution in [2.24, 2.45) is 0 Å². The zero-order valence-corrected chi connectivity index (χ0v) is 35.4. The molecule has 2 aliphatic rings. The lowest BCUT2D eigenvalue weighted by Gasteiger charge is -2.33. The number of anilines is 3. The summed E-state index contributed by atoms with van der Waals surface area (Å²) in [7, 11) is 0. The first-order valence-corrected chi connectivity index (χ1v) is 22.8. The summed E-state index contributed by atoms with van der Waals surface area (Å²) < 4.78 is 8.97. The van der Waals surface area contributed by atoms with Crippen LogP contribution in [0.1, 0.15) is 22.3 Å². The Kier molecular flexibility index (Phi) is 7.51. The minimum absolute atomic E-state index is 0.474. The standard InChI is InChI=1S/C61H37NOS/c1-2-16-38(17-3-1)49-36-50-47-23-8-13-31-58(47)64-59(50)37-55(49)62(40-19-14-18-39(34-40)42-25-15-30-57-60(42)48-24-7-12-29-56(48)63-57)41-32-33-46-45-22-6-11-28-53(45)61(54(46)35-41)51-26-9-4-20-43(51)44-21-5-10-27-52(44)61/h1-37H. The number of hydrogen-bond acceptors (Lipinski definition) is 3. The predicted octanol–water partition coefficient (Wildman–Crippen LogP) is 17.1. The van der Waals surface area contributed by atoms with E-state index in [0.29, 0.717) is 0 Å². The van der Waals surface area contributed by atoms with E-state index in [1.54, 1.807) is 0 Å². The van der Waals surface area contributed by atoms with Crippen LogP contribution in [-0.2, 0) is 5.41 Å². The first-order valence-electron chi connectivity index (χ1n) is 22.0. The summed E-state index contributed by atoms with van der Waals surface area (Å²) >= 11 is 1.87. The number of nitrogens with zero attached hydrogens (tertiary/aromatic N) is 1. The highest BCUT2D eigenvalue weighted by molar-refractivity contribution is 7.25. The van der Waals surface area contributed by atoms with Crippen molar-refractivity contribution < 1.29 is 4.42 Å². The maximum atomic E-state index is 6.42. The largest absolute Gasteiger partial charge is 0.456 e. The van der Waals surface area contributed by atoms with Crippen molar-refractivity contribution in [2.75, 3.05) is 4.90 Å². The fourth-order valence-corrected chi connectivity index (χ4v) is 12.4. The van der Waals surface area contributed by atoms with Gasteiger partial charge in [-0.3, -0.25) is 0 Å². The molecular formula is C61H37NOS. The minimum atomic E-state index is -0.474. The van der Waals surface area contributed by atoms with Crippen LogP contribution in [0, 0.1) is 0 Å². The fourth-order valence-electron chi connectivity index (χ4n) is 11.3. The molecule has 0 unspecified atom stereocenters. The first kappa shape index (κ1) is 35.6. The smallest absolute Gasteiger partial charge is 0.136 e. The van der Waals surface area contributed by atoms with Gasteiger partial charge in [-0.2, -0.15) is 0 Å². The van der Waals surface area contributed by atoms with Crippen molar-refractivity contribution >= 4 is 70.5 Å². The normalized spacial score (nSPS) is 13.1. The van der Waals surface area contributed by atoms with Gasteiger partial charge < -0.3 is 9.32 Å². The van der Waals surface area contributed by atoms with E-state index in [1.807, 2.05) is 17.4 Å². The Morgan fingerprint density at radius 2 is 0.922 bits per heavy atom. The number of fused-ring (bicyclic) bond motifs is 16. The average Bonchev–Trinajstić information content (AvgIpc) is 4.09. The maximum Gasteiger partial charge on any atom is 0.136 e. The van der Waals surface area contributed by atoms with Crippen molar-refractivity contribution in [3.05, 3.63) is 247 Å². The van der Waals surface area contributed by atoms with Crippen molar-refractivity contribution in [3.8, 4) is 44.5 Å². The van der Waals surface area contributed by atoms with E-state index in [4.69, 9.17) is 4.42 Å². The van der Waals surface area contributed by atoms with Gasteiger partial charge in [0.1, 0.15) is 11.2 Å². The lowest BCUT2D eigenvalue weighted by molar-refractivity contribution is 0.669. The molecule has 0 radical (unpaired) electrons. The molecule has 12 aromatic rings. The van der Waals surface area contributed by atoms with Crippen LogP contribution in [0.25, 0.3) is 86.6 Å². The maximum absolute atomic E-state index is 6.42. The molecule has 0 aliphatic heterocycles. The van der Waals surface area contributed by atoms with Crippen molar-refractivity contribution in [3.63, 3.8) is 0 Å². The van der Waals surface area contributed by atoms with E-state index in [0.717, 1.165) is 50.1 Å². The van der Waals surface area contributed by atoms with Crippen LogP contribution in [0.2, 0.25) is 0 Å². The Hall–Kier alpha value is -7.98. The highest BCUT2D eigenvalue weighted by Crippen LogP contribution is 2.63. The van der Waals surface area contributed by atoms with Crippen molar-refractivity contribution in [1.29, 1.82) is 0 Å². The number of thiophene rings is 1. The summed E-state index contributed by atoms with van der Waals surface area (Å²) in [4.78, 5) is 2.52. The number of para-hydroxylation sites is 1. The molecule has 298 valence electrons. The third-order valence-electron chi connectivity index (χ3n) is 13.9. The van der Waals surface area contributed by atoms with Gasteiger partial charge >= 0.3 is 0 Å². The third kappa shape index (κ3) is 4.90. The number of benzene rings is 10. The molecule has 0 amide bonds. The molecule has 0 N–H and O–H groups in total. The van der Waals surface area contributed by atoms with Gasteiger partial charge in [0.2, 0.25) is 0 Å². The minimum Gasteiger partial charge on any atom is -0.456 e. The summed E-state index contributed by atoms with van der Waals surface area (Å²) in [5.41, 5.74) is 19.8. The van der Waals surface area contributed by atoms with Gasteiger partial charge in [-0.15, -0.1) is 11.3 Å². The quantitative estimate of drug-likeness (QED) is 0.172. The van der Waals surface area contributed by atoms with Crippen LogP contribution in [-0.4, -0.2) is 0 Å². The molecule has 14 rings (SSSR count). The molecular weight excluding hydrogens is 795 g/mol. The second kappa shape index (κ2) is 13.5. The highest BCUT2D eigenvalue weighted by Gasteiger charge is 2.51. The van der Waals surface area contributed by atoms with E-state index in [2.05, 4.69) is 223 Å². The SMILES string of the molecule is c1ccc(-c2cc3c(cc2N(c2cccc(-c4cccc5oc6ccccc6c45)c2)c2ccc4c(c2)C2(c5ccccc5-c5ccccc52)c2ccccc2-4)sc2ccccc23)cc1. The first-order chi connectivity index (χ1) is 31.7. The third-order valence-corrected chi connectivity index (χ3v) is 15.0. The molecule has 2 nitrogen and oxygen atoms in total. The van der Waals surface area contributed by atoms with Crippen LogP contribution in [0.4, 0.5) is 17.1 Å². The topological polar surface area (TPSA) is 16.4 Å². The molecule has 0 atom stereocenters. The van der Waals surface area contributed by atoms with Crippen LogP contribution in [0.3, 0.4) is 0 Å². The van der Waals surface area contributed by atoms with Crippen molar-refractivity contribution in [1.82, 2.24) is 0 Å². The van der Waals surface area contributed by atoms with E-state index in [1.165, 1.54) is 75.8 Å². The molecule has 2 aliphatic carbocycles. The molecule has 2 aromatic heterocycles. The van der Waals surface area contributed by atoms with Gasteiger partial charge in [0.25, 0.3) is 0 Å². The molecule has 0 fully saturated rings. The van der Waals surface area contributed by atoms with Gasteiger partial charge in [0.15, 0.2) is 0 Å². The molecule has 10 aromatic carbocycles. The molecule has 0 saturated heterocycles. The summed E-state index contributed by atoms with van der Waals surface area (Å²) in [6, 6.07) is 83.0. The molecule has 0 bridgehead atoms. The Morgan fingerprint density at radius 3 is 1.69 bits per heavy atom. The van der Waals surface area contributed by atoms with E-state index in [9.17, 15) is 0 Å². The van der Waals surface area contributed by atoms with Gasteiger partial charge in [-0.05, 0) is 116 Å². The van der Waals surface area contributed by atoms with Crippen LogP contribution in [0.5, 0.6) is 0 Å². The van der Waals surface area contributed by atoms with E-state index >= 15 is 0 Å². The Labute approximate surface area is 374 Å². The fraction of sp³-hybridized carbons (Fsp3) is 0.0164. The lowest BCUT2D eigenvalue weighted by atomic mass is 9.70. The zero-order chi connectivity index (χ0) is 41.9. The van der Waals surface area contributed by atoms with E-state index in [-0.39, 0.29) is 0 Å². The Bertz CT molecular complexity index is 3810. The summed E-state index contributed by atoms with van der Waals surface area (Å²) in [6.45, 7) is 0. The molecule has 0 saturated carbocycles. The molecule has 3 heteroatoms. The summed E-state index contributed by atoms with van der Waals surface area (Å²) in [5.74, 6) is 0. The van der Waals surface area contributed by atoms with Gasteiger partial charge in [0, 0.05) is 47.9 Å². The van der Waals surface area contributed by atoms with Gasteiger partial charge in [0.05, 0.1) is 11.1 Å². The highest BCUT2D eigenvalue weighted by atomic mass is 32.1. The molecule has 64 heavy (non-hydrogen) atoms. The van der Waals surface area contributed by atoms with Gasteiger partial charge in [-0.1, -0.05) is 170 Å². The average molecular weight is 832 g/mol. The second-order valence-electron chi connectivity index (χ2n) is 17.1. The Balaban J connectivity index is 1.07. The summed E-state index contributed by atoms with van der Waals surface area (Å²) in [5, 5.41) is 4.82. The Morgan fingerprint density at radius 1 is 0.344 bits per heavy atom. The van der Waals surface area contributed by atoms with Crippen LogP contribution >= 0.6 is 11.3 Å². The number of hydrogen-bond donors (Lipinski definition) is 0.